The molecule has 1 saturated heterocycles. The van der Waals surface area contributed by atoms with Crippen molar-refractivity contribution in [2.24, 2.45) is 0 Å². The van der Waals surface area contributed by atoms with Crippen molar-refractivity contribution in [1.82, 2.24) is 9.62 Å². The first-order valence-electron chi connectivity index (χ1n) is 9.81. The first kappa shape index (κ1) is 23.4. The van der Waals surface area contributed by atoms with Gasteiger partial charge in [-0.25, -0.2) is 8.42 Å². The summed E-state index contributed by atoms with van der Waals surface area (Å²) in [5.41, 5.74) is 1.11. The minimum Gasteiger partial charge on any atom is -0.352 e. The molecule has 0 unspecified atom stereocenters. The molecule has 1 amide bonds. The summed E-state index contributed by atoms with van der Waals surface area (Å²) in [5, 5.41) is 3.99. The van der Waals surface area contributed by atoms with E-state index in [1.54, 1.807) is 12.1 Å². The standard InChI is InChI=1S/C21H23Cl3N2O3S/c22-17-7-5-15(19(24)14-17)9-10-25-21(27)16-6-8-18(23)20(13-16)30(28,29)26-11-3-1-2-4-12-26/h5-8,13-14H,1-4,9-12H2,(H,25,27). The second kappa shape index (κ2) is 10.3. The van der Waals surface area contributed by atoms with Crippen LogP contribution in [0.15, 0.2) is 41.3 Å². The predicted octanol–water partition coefficient (Wildman–Crippen LogP) is 5.18. The van der Waals surface area contributed by atoms with E-state index in [4.69, 9.17) is 34.8 Å². The molecule has 162 valence electrons. The Hall–Kier alpha value is -1.31. The van der Waals surface area contributed by atoms with Crippen molar-refractivity contribution in [3.8, 4) is 0 Å². The summed E-state index contributed by atoms with van der Waals surface area (Å²) in [7, 11) is -3.75. The third kappa shape index (κ3) is 5.68. The predicted molar refractivity (Wildman–Crippen MR) is 121 cm³/mol. The number of nitrogens with one attached hydrogen (secondary N) is 1. The van der Waals surface area contributed by atoms with Crippen LogP contribution in [0.25, 0.3) is 0 Å². The SMILES string of the molecule is O=C(NCCc1ccc(Cl)cc1Cl)c1ccc(Cl)c(S(=O)(=O)N2CCCCCC2)c1. The zero-order valence-corrected chi connectivity index (χ0v) is 19.4. The molecule has 0 saturated carbocycles. The number of halogens is 3. The van der Waals surface area contributed by atoms with Gasteiger partial charge in [-0.3, -0.25) is 4.79 Å². The van der Waals surface area contributed by atoms with Crippen LogP contribution >= 0.6 is 34.8 Å². The zero-order valence-electron chi connectivity index (χ0n) is 16.3. The molecule has 3 rings (SSSR count). The molecule has 1 aliphatic heterocycles. The van der Waals surface area contributed by atoms with Crippen LogP contribution in [0.5, 0.6) is 0 Å². The van der Waals surface area contributed by atoms with Crippen LogP contribution in [-0.4, -0.2) is 38.3 Å². The van der Waals surface area contributed by atoms with Gasteiger partial charge in [0.05, 0.1) is 5.02 Å². The van der Waals surface area contributed by atoms with Crippen LogP contribution in [0, 0.1) is 0 Å². The van der Waals surface area contributed by atoms with Gasteiger partial charge >= 0.3 is 0 Å². The van der Waals surface area contributed by atoms with E-state index in [0.717, 1.165) is 31.2 Å². The first-order chi connectivity index (χ1) is 14.3. The molecule has 1 heterocycles. The van der Waals surface area contributed by atoms with Gasteiger partial charge in [-0.05, 0) is 55.2 Å². The van der Waals surface area contributed by atoms with Gasteiger partial charge in [0.2, 0.25) is 10.0 Å². The number of amides is 1. The summed E-state index contributed by atoms with van der Waals surface area (Å²) in [4.78, 5) is 12.6. The summed E-state index contributed by atoms with van der Waals surface area (Å²) in [6.45, 7) is 1.28. The summed E-state index contributed by atoms with van der Waals surface area (Å²) < 4.78 is 27.6. The molecular formula is C21H23Cl3N2O3S. The van der Waals surface area contributed by atoms with Crippen molar-refractivity contribution in [3.05, 3.63) is 62.6 Å². The van der Waals surface area contributed by atoms with Crippen LogP contribution in [0.2, 0.25) is 15.1 Å². The van der Waals surface area contributed by atoms with Crippen molar-refractivity contribution in [2.75, 3.05) is 19.6 Å². The van der Waals surface area contributed by atoms with Gasteiger partial charge in [0.25, 0.3) is 5.91 Å². The Labute approximate surface area is 192 Å². The highest BCUT2D eigenvalue weighted by molar-refractivity contribution is 7.89. The van der Waals surface area contributed by atoms with E-state index in [9.17, 15) is 13.2 Å². The number of hydrogen-bond donors (Lipinski definition) is 1. The van der Waals surface area contributed by atoms with Gasteiger partial charge in [0.15, 0.2) is 0 Å². The highest BCUT2D eigenvalue weighted by Gasteiger charge is 2.28. The molecule has 1 fully saturated rings. The number of carbonyl (C=O) groups excluding carboxylic acids is 1. The molecule has 1 aliphatic rings. The molecule has 1 N–H and O–H groups in total. The molecule has 0 bridgehead atoms. The van der Waals surface area contributed by atoms with Crippen molar-refractivity contribution in [2.45, 2.75) is 37.0 Å². The van der Waals surface area contributed by atoms with Gasteiger partial charge in [-0.1, -0.05) is 53.7 Å². The number of carbonyl (C=O) groups is 1. The Morgan fingerprint density at radius 3 is 2.30 bits per heavy atom. The van der Waals surface area contributed by atoms with Gasteiger partial charge in [0, 0.05) is 35.2 Å². The molecule has 0 aliphatic carbocycles. The quantitative estimate of drug-likeness (QED) is 0.608. The minimum absolute atomic E-state index is 0.0283. The van der Waals surface area contributed by atoms with Crippen LogP contribution in [0.1, 0.15) is 41.6 Å². The molecular weight excluding hydrogens is 467 g/mol. The number of benzene rings is 2. The van der Waals surface area contributed by atoms with Crippen LogP contribution in [0.3, 0.4) is 0 Å². The Kier molecular flexibility index (Phi) is 8.04. The summed E-state index contributed by atoms with van der Waals surface area (Å²) >= 11 is 18.2. The number of hydrogen-bond acceptors (Lipinski definition) is 3. The topological polar surface area (TPSA) is 66.5 Å². The average molecular weight is 490 g/mol. The fourth-order valence-corrected chi connectivity index (χ4v) is 5.92. The van der Waals surface area contributed by atoms with Crippen LogP contribution < -0.4 is 5.32 Å². The van der Waals surface area contributed by atoms with E-state index in [1.807, 2.05) is 6.07 Å². The van der Waals surface area contributed by atoms with Crippen molar-refractivity contribution >= 4 is 50.7 Å². The molecule has 0 radical (unpaired) electrons. The maximum atomic E-state index is 13.1. The number of nitrogens with zero attached hydrogens (tertiary/aromatic N) is 1. The van der Waals surface area contributed by atoms with E-state index < -0.39 is 10.0 Å². The van der Waals surface area contributed by atoms with E-state index in [-0.39, 0.29) is 21.4 Å². The fraction of sp³-hybridized carbons (Fsp3) is 0.381. The third-order valence-electron chi connectivity index (χ3n) is 5.07. The first-order valence-corrected chi connectivity index (χ1v) is 12.4. The number of rotatable bonds is 6. The maximum absolute atomic E-state index is 13.1. The molecule has 0 atom stereocenters. The lowest BCUT2D eigenvalue weighted by molar-refractivity contribution is 0.0954. The highest BCUT2D eigenvalue weighted by atomic mass is 35.5. The molecule has 5 nitrogen and oxygen atoms in total. The lowest BCUT2D eigenvalue weighted by atomic mass is 10.1. The molecule has 2 aromatic carbocycles. The second-order valence-corrected chi connectivity index (χ2v) is 10.4. The maximum Gasteiger partial charge on any atom is 0.251 e. The van der Waals surface area contributed by atoms with Crippen molar-refractivity contribution in [1.29, 1.82) is 0 Å². The van der Waals surface area contributed by atoms with Crippen LogP contribution in [-0.2, 0) is 16.4 Å². The lowest BCUT2D eigenvalue weighted by Gasteiger charge is -2.21. The largest absolute Gasteiger partial charge is 0.352 e. The zero-order chi connectivity index (χ0) is 21.7. The summed E-state index contributed by atoms with van der Waals surface area (Å²) in [5.74, 6) is -0.371. The van der Waals surface area contributed by atoms with E-state index in [2.05, 4.69) is 5.32 Å². The van der Waals surface area contributed by atoms with Crippen molar-refractivity contribution in [3.63, 3.8) is 0 Å². The van der Waals surface area contributed by atoms with Gasteiger partial charge in [-0.2, -0.15) is 4.31 Å². The van der Waals surface area contributed by atoms with Gasteiger partial charge < -0.3 is 5.32 Å². The molecule has 30 heavy (non-hydrogen) atoms. The summed E-state index contributed by atoms with van der Waals surface area (Å²) in [6, 6.07) is 9.53. The normalized spacial score (nSPS) is 15.6. The molecule has 9 heteroatoms. The molecule has 0 aromatic heterocycles. The Bertz CT molecular complexity index is 1020. The fourth-order valence-electron chi connectivity index (χ4n) is 3.40. The lowest BCUT2D eigenvalue weighted by Crippen LogP contribution is -2.32. The van der Waals surface area contributed by atoms with Gasteiger partial charge in [0.1, 0.15) is 4.90 Å². The van der Waals surface area contributed by atoms with Crippen molar-refractivity contribution < 1.29 is 13.2 Å². The second-order valence-electron chi connectivity index (χ2n) is 7.21. The average Bonchev–Trinajstić information content (AvgIpc) is 3.00. The van der Waals surface area contributed by atoms with E-state index in [1.165, 1.54) is 22.5 Å². The summed E-state index contributed by atoms with van der Waals surface area (Å²) in [6.07, 6.45) is 4.20. The van der Waals surface area contributed by atoms with E-state index in [0.29, 0.717) is 36.1 Å². The molecule has 0 spiro atoms. The highest BCUT2D eigenvalue weighted by Crippen LogP contribution is 2.28. The Balaban J connectivity index is 1.71. The Morgan fingerprint density at radius 1 is 0.933 bits per heavy atom. The minimum atomic E-state index is -3.75. The van der Waals surface area contributed by atoms with Gasteiger partial charge in [-0.15, -0.1) is 0 Å². The van der Waals surface area contributed by atoms with E-state index >= 15 is 0 Å². The molecule has 2 aromatic rings. The number of sulfonamides is 1. The third-order valence-corrected chi connectivity index (χ3v) is 8.04. The van der Waals surface area contributed by atoms with Crippen LogP contribution in [0.4, 0.5) is 0 Å². The monoisotopic (exact) mass is 488 g/mol. The smallest absolute Gasteiger partial charge is 0.251 e. The Morgan fingerprint density at radius 2 is 1.63 bits per heavy atom.